The van der Waals surface area contributed by atoms with Gasteiger partial charge in [0.15, 0.2) is 11.5 Å². The van der Waals surface area contributed by atoms with Crippen molar-refractivity contribution in [3.8, 4) is 22.9 Å². The van der Waals surface area contributed by atoms with Gasteiger partial charge in [0, 0.05) is 17.5 Å². The largest absolute Gasteiger partial charge is 0.454 e. The number of hydrogen-bond acceptors (Lipinski definition) is 7. The van der Waals surface area contributed by atoms with Crippen molar-refractivity contribution in [2.24, 2.45) is 5.92 Å². The van der Waals surface area contributed by atoms with Crippen LogP contribution in [0.3, 0.4) is 0 Å². The summed E-state index contributed by atoms with van der Waals surface area (Å²) in [5.41, 5.74) is 2.88. The van der Waals surface area contributed by atoms with Crippen LogP contribution in [0.1, 0.15) is 42.2 Å². The molecule has 3 aliphatic rings. The molecule has 9 nitrogen and oxygen atoms in total. The number of ether oxygens (including phenoxy) is 2. The van der Waals surface area contributed by atoms with Gasteiger partial charge in [0.2, 0.25) is 24.4 Å². The number of urea groups is 1. The van der Waals surface area contributed by atoms with E-state index in [1.165, 1.54) is 4.90 Å². The molecule has 2 aromatic carbocycles. The summed E-state index contributed by atoms with van der Waals surface area (Å²) in [5, 5.41) is 7.18. The number of imide groups is 1. The molecule has 1 N–H and O–H groups in total. The number of hydrogen-bond donors (Lipinski definition) is 1. The van der Waals surface area contributed by atoms with Gasteiger partial charge in [0.1, 0.15) is 0 Å². The summed E-state index contributed by atoms with van der Waals surface area (Å²) in [4.78, 5) is 32.0. The van der Waals surface area contributed by atoms with E-state index in [1.54, 1.807) is 6.07 Å². The molecule has 3 atom stereocenters. The molecule has 34 heavy (non-hydrogen) atoms. The number of carbonyl (C=O) groups is 2. The van der Waals surface area contributed by atoms with E-state index in [4.69, 9.17) is 14.0 Å². The quantitative estimate of drug-likeness (QED) is 0.631. The number of rotatable bonds is 4. The van der Waals surface area contributed by atoms with Crippen LogP contribution >= 0.6 is 0 Å². The summed E-state index contributed by atoms with van der Waals surface area (Å²) in [5.74, 6) is 2.00. The lowest BCUT2D eigenvalue weighted by Gasteiger charge is -2.41. The van der Waals surface area contributed by atoms with Gasteiger partial charge >= 0.3 is 6.03 Å². The van der Waals surface area contributed by atoms with Gasteiger partial charge in [-0.2, -0.15) is 4.98 Å². The Labute approximate surface area is 196 Å². The maximum atomic E-state index is 13.2. The fourth-order valence-corrected chi connectivity index (χ4v) is 4.98. The summed E-state index contributed by atoms with van der Waals surface area (Å²) in [6.07, 6.45) is 1.99. The van der Waals surface area contributed by atoms with Crippen LogP contribution in [0, 0.1) is 12.8 Å². The van der Waals surface area contributed by atoms with Crippen molar-refractivity contribution in [3.05, 3.63) is 59.5 Å². The molecule has 1 saturated heterocycles. The highest BCUT2D eigenvalue weighted by Crippen LogP contribution is 2.39. The topological polar surface area (TPSA) is 107 Å². The maximum absolute atomic E-state index is 13.2. The molecular formula is C25H24N4O5. The highest BCUT2D eigenvalue weighted by atomic mass is 16.7. The highest BCUT2D eigenvalue weighted by molar-refractivity contribution is 5.98. The second-order valence-corrected chi connectivity index (χ2v) is 9.11. The Kier molecular flexibility index (Phi) is 4.97. The maximum Gasteiger partial charge on any atom is 0.324 e. The zero-order valence-electron chi connectivity index (χ0n) is 18.7. The molecule has 0 radical (unpaired) electrons. The standard InChI is InChI=1S/C25H24N4O5/c1-14-2-5-16(6-3-14)22-27-23(34-28-22)17-7-8-18-19(11-17)26-25(31)29(24(18)30)12-15-4-9-20-21(10-15)33-13-32-20/h2-6,9-10,17-19H,7-8,11-13H2,1H3,(H,26,31). The van der Waals surface area contributed by atoms with Crippen LogP contribution in [-0.2, 0) is 11.3 Å². The molecule has 2 aliphatic heterocycles. The average molecular weight is 460 g/mol. The van der Waals surface area contributed by atoms with Gasteiger partial charge in [-0.05, 0) is 43.9 Å². The first kappa shape index (κ1) is 20.7. The van der Waals surface area contributed by atoms with Gasteiger partial charge in [-0.1, -0.05) is 41.1 Å². The third-order valence-electron chi connectivity index (χ3n) is 6.87. The Balaban J connectivity index is 1.14. The molecule has 6 rings (SSSR count). The zero-order chi connectivity index (χ0) is 23.2. The van der Waals surface area contributed by atoms with Gasteiger partial charge < -0.3 is 19.3 Å². The fourth-order valence-electron chi connectivity index (χ4n) is 4.98. The Morgan fingerprint density at radius 3 is 2.74 bits per heavy atom. The number of amides is 3. The van der Waals surface area contributed by atoms with Crippen LogP contribution in [0.4, 0.5) is 4.79 Å². The second kappa shape index (κ2) is 8.16. The van der Waals surface area contributed by atoms with Crippen LogP contribution in [-0.4, -0.2) is 39.8 Å². The molecule has 0 bridgehead atoms. The average Bonchev–Trinajstić information content (AvgIpc) is 3.51. The van der Waals surface area contributed by atoms with Gasteiger partial charge in [-0.3, -0.25) is 9.69 Å². The van der Waals surface area contributed by atoms with Gasteiger partial charge in [0.05, 0.1) is 12.5 Å². The van der Waals surface area contributed by atoms with Crippen molar-refractivity contribution < 1.29 is 23.6 Å². The van der Waals surface area contributed by atoms with Crippen LogP contribution in [0.15, 0.2) is 47.0 Å². The summed E-state index contributed by atoms with van der Waals surface area (Å²) in [7, 11) is 0. The molecule has 3 amide bonds. The third kappa shape index (κ3) is 3.67. The molecule has 3 heterocycles. The SMILES string of the molecule is Cc1ccc(-c2noc(C3CCC4C(=O)N(Cc5ccc6c(c5)OCO6)C(=O)NC4C3)n2)cc1. The minimum Gasteiger partial charge on any atom is -0.454 e. The molecule has 2 fully saturated rings. The lowest BCUT2D eigenvalue weighted by atomic mass is 9.76. The summed E-state index contributed by atoms with van der Waals surface area (Å²) < 4.78 is 16.3. The summed E-state index contributed by atoms with van der Waals surface area (Å²) in [6.45, 7) is 2.40. The molecule has 1 saturated carbocycles. The van der Waals surface area contributed by atoms with E-state index in [1.807, 2.05) is 43.3 Å². The molecule has 0 spiro atoms. The minimum absolute atomic E-state index is 0.00135. The monoisotopic (exact) mass is 460 g/mol. The van der Waals surface area contributed by atoms with E-state index in [9.17, 15) is 9.59 Å². The van der Waals surface area contributed by atoms with Gasteiger partial charge in [0.25, 0.3) is 0 Å². The molecule has 9 heteroatoms. The second-order valence-electron chi connectivity index (χ2n) is 9.11. The Bertz CT molecular complexity index is 1250. The van der Waals surface area contributed by atoms with Crippen molar-refractivity contribution in [2.45, 2.75) is 44.7 Å². The third-order valence-corrected chi connectivity index (χ3v) is 6.87. The van der Waals surface area contributed by atoms with Gasteiger partial charge in [-0.25, -0.2) is 4.79 Å². The number of nitrogens with one attached hydrogen (secondary N) is 1. The smallest absolute Gasteiger partial charge is 0.324 e. The van der Waals surface area contributed by atoms with E-state index in [0.717, 1.165) is 23.1 Å². The number of nitrogens with zero attached hydrogens (tertiary/aromatic N) is 3. The van der Waals surface area contributed by atoms with E-state index in [0.29, 0.717) is 36.1 Å². The molecule has 1 aromatic heterocycles. The van der Waals surface area contributed by atoms with Crippen molar-refractivity contribution in [3.63, 3.8) is 0 Å². The van der Waals surface area contributed by atoms with Crippen LogP contribution in [0.5, 0.6) is 11.5 Å². The number of carbonyl (C=O) groups excluding carboxylic acids is 2. The number of aryl methyl sites for hydroxylation is 1. The number of aromatic nitrogens is 2. The molecule has 3 aromatic rings. The van der Waals surface area contributed by atoms with E-state index in [2.05, 4.69) is 15.5 Å². The minimum atomic E-state index is -0.379. The van der Waals surface area contributed by atoms with Crippen LogP contribution in [0.25, 0.3) is 11.4 Å². The van der Waals surface area contributed by atoms with Crippen molar-refractivity contribution >= 4 is 11.9 Å². The zero-order valence-corrected chi connectivity index (χ0v) is 18.7. The molecule has 1 aliphatic carbocycles. The molecule has 174 valence electrons. The Morgan fingerprint density at radius 1 is 1.06 bits per heavy atom. The summed E-state index contributed by atoms with van der Waals surface area (Å²) >= 11 is 0. The predicted molar refractivity (Wildman–Crippen MR) is 120 cm³/mol. The fraction of sp³-hybridized carbons (Fsp3) is 0.360. The van der Waals surface area contributed by atoms with E-state index in [-0.39, 0.29) is 43.2 Å². The number of fused-ring (bicyclic) bond motifs is 2. The van der Waals surface area contributed by atoms with E-state index < -0.39 is 0 Å². The van der Waals surface area contributed by atoms with Crippen molar-refractivity contribution in [2.75, 3.05) is 6.79 Å². The van der Waals surface area contributed by atoms with E-state index >= 15 is 0 Å². The lowest BCUT2D eigenvalue weighted by molar-refractivity contribution is -0.137. The normalized spacial score (nSPS) is 23.6. The predicted octanol–water partition coefficient (Wildman–Crippen LogP) is 3.78. The van der Waals surface area contributed by atoms with Crippen molar-refractivity contribution in [1.29, 1.82) is 0 Å². The van der Waals surface area contributed by atoms with Gasteiger partial charge in [-0.15, -0.1) is 0 Å². The lowest BCUT2D eigenvalue weighted by Crippen LogP contribution is -2.60. The van der Waals surface area contributed by atoms with Crippen LogP contribution < -0.4 is 14.8 Å². The Hall–Kier alpha value is -3.88. The first-order valence-corrected chi connectivity index (χ1v) is 11.5. The highest BCUT2D eigenvalue weighted by Gasteiger charge is 2.45. The first-order chi connectivity index (χ1) is 16.5. The van der Waals surface area contributed by atoms with Crippen molar-refractivity contribution in [1.82, 2.24) is 20.4 Å². The first-order valence-electron chi connectivity index (χ1n) is 11.5. The Morgan fingerprint density at radius 2 is 1.88 bits per heavy atom. The number of benzene rings is 2. The molecule has 3 unspecified atom stereocenters. The molecular weight excluding hydrogens is 436 g/mol. The summed E-state index contributed by atoms with van der Waals surface area (Å²) in [6, 6.07) is 12.8. The van der Waals surface area contributed by atoms with Crippen LogP contribution in [0.2, 0.25) is 0 Å².